The third kappa shape index (κ3) is 3.01. The Kier molecular flexibility index (Phi) is 3.90. The number of rotatable bonds is 4. The summed E-state index contributed by atoms with van der Waals surface area (Å²) >= 11 is 0. The molecular weight excluding hydrogens is 272 g/mol. The summed E-state index contributed by atoms with van der Waals surface area (Å²) in [6.07, 6.45) is 1.28. The van der Waals surface area contributed by atoms with Crippen LogP contribution in [0.3, 0.4) is 0 Å². The van der Waals surface area contributed by atoms with Gasteiger partial charge in [0.25, 0.3) is 5.91 Å². The quantitative estimate of drug-likeness (QED) is 0.875. The first-order valence-corrected chi connectivity index (χ1v) is 5.86. The zero-order chi connectivity index (χ0) is 15.4. The van der Waals surface area contributed by atoms with Gasteiger partial charge in [-0.15, -0.1) is 0 Å². The van der Waals surface area contributed by atoms with Crippen LogP contribution in [0.25, 0.3) is 0 Å². The van der Waals surface area contributed by atoms with Crippen molar-refractivity contribution in [3.8, 4) is 23.4 Å². The first-order valence-electron chi connectivity index (χ1n) is 5.86. The molecule has 0 fully saturated rings. The predicted octanol–water partition coefficient (Wildman–Crippen LogP) is 1.44. The highest BCUT2D eigenvalue weighted by Gasteiger charge is 2.12. The fourth-order valence-electron chi connectivity index (χ4n) is 1.65. The molecular formula is C14H12N4O3. The number of ether oxygens (including phenoxy) is 2. The molecule has 0 unspecified atom stereocenters. The van der Waals surface area contributed by atoms with Crippen molar-refractivity contribution in [2.24, 2.45) is 5.73 Å². The molecule has 0 aliphatic heterocycles. The maximum Gasteiger partial charge on any atom is 0.251 e. The summed E-state index contributed by atoms with van der Waals surface area (Å²) in [6.45, 7) is 0. The summed E-state index contributed by atoms with van der Waals surface area (Å²) in [4.78, 5) is 15.2. The Balaban J connectivity index is 2.37. The van der Waals surface area contributed by atoms with Gasteiger partial charge in [-0.2, -0.15) is 5.26 Å². The Hall–Kier alpha value is -3.27. The largest absolute Gasteiger partial charge is 0.493 e. The van der Waals surface area contributed by atoms with E-state index in [9.17, 15) is 4.79 Å². The average Bonchev–Trinajstić information content (AvgIpc) is 2.49. The van der Waals surface area contributed by atoms with Gasteiger partial charge in [-0.05, 0) is 12.1 Å². The Bertz CT molecular complexity index is 737. The van der Waals surface area contributed by atoms with Crippen LogP contribution in [-0.2, 0) is 0 Å². The lowest BCUT2D eigenvalue weighted by Crippen LogP contribution is -2.13. The number of pyridine rings is 1. The molecule has 106 valence electrons. The second kappa shape index (κ2) is 5.79. The normalized spacial score (nSPS) is 9.71. The van der Waals surface area contributed by atoms with Crippen LogP contribution in [0.4, 0.5) is 5.69 Å². The molecule has 2 rings (SSSR count). The molecule has 7 nitrogen and oxygen atoms in total. The Morgan fingerprint density at radius 1 is 1.33 bits per heavy atom. The minimum Gasteiger partial charge on any atom is -0.493 e. The van der Waals surface area contributed by atoms with Crippen LogP contribution in [0, 0.1) is 11.3 Å². The maximum absolute atomic E-state index is 11.2. The number of carbonyl (C=O) groups is 1. The SMILES string of the molecule is COc1cc(C#N)ccc1Oc1cc(C(N)=O)c(N)cn1. The van der Waals surface area contributed by atoms with Gasteiger partial charge in [0, 0.05) is 12.1 Å². The molecule has 1 heterocycles. The number of amides is 1. The highest BCUT2D eigenvalue weighted by Crippen LogP contribution is 2.32. The van der Waals surface area contributed by atoms with E-state index in [0.29, 0.717) is 17.1 Å². The number of hydrogen-bond donors (Lipinski definition) is 2. The van der Waals surface area contributed by atoms with Crippen LogP contribution in [0.15, 0.2) is 30.5 Å². The van der Waals surface area contributed by atoms with E-state index in [2.05, 4.69) is 4.98 Å². The van der Waals surface area contributed by atoms with Crippen molar-refractivity contribution in [2.75, 3.05) is 12.8 Å². The third-order valence-electron chi connectivity index (χ3n) is 2.68. The number of nitrogen functional groups attached to an aromatic ring is 1. The van der Waals surface area contributed by atoms with E-state index >= 15 is 0 Å². The van der Waals surface area contributed by atoms with E-state index in [1.165, 1.54) is 25.4 Å². The predicted molar refractivity (Wildman–Crippen MR) is 75.0 cm³/mol. The molecule has 0 saturated carbocycles. The smallest absolute Gasteiger partial charge is 0.251 e. The van der Waals surface area contributed by atoms with Crippen molar-refractivity contribution in [2.45, 2.75) is 0 Å². The fourth-order valence-corrected chi connectivity index (χ4v) is 1.65. The summed E-state index contributed by atoms with van der Waals surface area (Å²) in [6, 6.07) is 8.01. The minimum atomic E-state index is -0.674. The molecule has 0 aliphatic carbocycles. The highest BCUT2D eigenvalue weighted by atomic mass is 16.5. The maximum atomic E-state index is 11.2. The topological polar surface area (TPSA) is 124 Å². The van der Waals surface area contributed by atoms with Crippen molar-refractivity contribution in [1.82, 2.24) is 4.98 Å². The standard InChI is InChI=1S/C14H12N4O3/c1-20-12-4-8(6-15)2-3-11(12)21-13-5-9(14(17)19)10(16)7-18-13/h2-5,7H,16H2,1H3,(H2,17,19). The molecule has 0 bridgehead atoms. The Morgan fingerprint density at radius 3 is 2.71 bits per heavy atom. The number of benzene rings is 1. The number of anilines is 1. The number of carbonyl (C=O) groups excluding carboxylic acids is 1. The molecule has 0 spiro atoms. The molecule has 1 amide bonds. The second-order valence-corrected chi connectivity index (χ2v) is 4.05. The molecule has 1 aromatic heterocycles. The van der Waals surface area contributed by atoms with Gasteiger partial charge in [-0.3, -0.25) is 4.79 Å². The number of nitriles is 1. The number of methoxy groups -OCH3 is 1. The van der Waals surface area contributed by atoms with Gasteiger partial charge in [-0.1, -0.05) is 0 Å². The van der Waals surface area contributed by atoms with Crippen LogP contribution in [0.5, 0.6) is 17.4 Å². The van der Waals surface area contributed by atoms with Gasteiger partial charge in [0.05, 0.1) is 36.2 Å². The summed E-state index contributed by atoms with van der Waals surface area (Å²) in [5.74, 6) is 0.185. The lowest BCUT2D eigenvalue weighted by molar-refractivity contribution is 0.100. The van der Waals surface area contributed by atoms with Gasteiger partial charge < -0.3 is 20.9 Å². The number of aromatic nitrogens is 1. The molecule has 4 N–H and O–H groups in total. The molecule has 1 aromatic carbocycles. The van der Waals surface area contributed by atoms with Gasteiger partial charge >= 0.3 is 0 Å². The molecule has 21 heavy (non-hydrogen) atoms. The number of primary amides is 1. The lowest BCUT2D eigenvalue weighted by Gasteiger charge is -2.10. The minimum absolute atomic E-state index is 0.118. The summed E-state index contributed by atoms with van der Waals surface area (Å²) in [5, 5.41) is 8.84. The van der Waals surface area contributed by atoms with E-state index in [-0.39, 0.29) is 17.1 Å². The van der Waals surface area contributed by atoms with Gasteiger partial charge in [-0.25, -0.2) is 4.98 Å². The third-order valence-corrected chi connectivity index (χ3v) is 2.68. The summed E-state index contributed by atoms with van der Waals surface area (Å²) in [7, 11) is 1.45. The second-order valence-electron chi connectivity index (χ2n) is 4.05. The fraction of sp³-hybridized carbons (Fsp3) is 0.0714. The highest BCUT2D eigenvalue weighted by molar-refractivity contribution is 5.98. The Labute approximate surface area is 120 Å². The molecule has 0 aliphatic rings. The average molecular weight is 284 g/mol. The zero-order valence-corrected chi connectivity index (χ0v) is 11.2. The zero-order valence-electron chi connectivity index (χ0n) is 11.2. The van der Waals surface area contributed by atoms with Crippen molar-refractivity contribution >= 4 is 11.6 Å². The van der Waals surface area contributed by atoms with E-state index in [0.717, 1.165) is 0 Å². The van der Waals surface area contributed by atoms with Crippen LogP contribution >= 0.6 is 0 Å². The van der Waals surface area contributed by atoms with E-state index < -0.39 is 5.91 Å². The van der Waals surface area contributed by atoms with Crippen molar-refractivity contribution in [1.29, 1.82) is 5.26 Å². The van der Waals surface area contributed by atoms with Gasteiger partial charge in [0.1, 0.15) is 0 Å². The van der Waals surface area contributed by atoms with Gasteiger partial charge in [0.2, 0.25) is 5.88 Å². The molecule has 0 saturated heterocycles. The first kappa shape index (κ1) is 14.1. The molecule has 0 atom stereocenters. The number of hydrogen-bond acceptors (Lipinski definition) is 6. The van der Waals surface area contributed by atoms with E-state index in [1.807, 2.05) is 6.07 Å². The molecule has 2 aromatic rings. The van der Waals surface area contributed by atoms with Crippen LogP contribution in [0.2, 0.25) is 0 Å². The number of nitrogens with zero attached hydrogens (tertiary/aromatic N) is 2. The monoisotopic (exact) mass is 284 g/mol. The van der Waals surface area contributed by atoms with Crippen LogP contribution < -0.4 is 20.9 Å². The van der Waals surface area contributed by atoms with Gasteiger partial charge in [0.15, 0.2) is 11.5 Å². The Morgan fingerprint density at radius 2 is 2.10 bits per heavy atom. The molecule has 0 radical (unpaired) electrons. The van der Waals surface area contributed by atoms with Crippen molar-refractivity contribution < 1.29 is 14.3 Å². The van der Waals surface area contributed by atoms with Crippen molar-refractivity contribution in [3.63, 3.8) is 0 Å². The first-order chi connectivity index (χ1) is 10.0. The molecule has 7 heteroatoms. The summed E-state index contributed by atoms with van der Waals surface area (Å²) < 4.78 is 10.7. The van der Waals surface area contributed by atoms with Crippen LogP contribution in [-0.4, -0.2) is 18.0 Å². The number of nitrogens with two attached hydrogens (primary N) is 2. The van der Waals surface area contributed by atoms with E-state index in [1.54, 1.807) is 12.1 Å². The van der Waals surface area contributed by atoms with E-state index in [4.69, 9.17) is 26.2 Å². The van der Waals surface area contributed by atoms with Crippen LogP contribution in [0.1, 0.15) is 15.9 Å². The summed E-state index contributed by atoms with van der Waals surface area (Å²) in [5.41, 5.74) is 11.5. The lowest BCUT2D eigenvalue weighted by atomic mass is 10.2. The van der Waals surface area contributed by atoms with Crippen molar-refractivity contribution in [3.05, 3.63) is 41.6 Å².